The predicted octanol–water partition coefficient (Wildman–Crippen LogP) is 4.07. The molecular weight excluding hydrogens is 386 g/mol. The monoisotopic (exact) mass is 407 g/mol. The summed E-state index contributed by atoms with van der Waals surface area (Å²) in [4.78, 5) is 28.6. The second-order valence-corrected chi connectivity index (χ2v) is 7.87. The largest absolute Gasteiger partial charge is 0.496 e. The number of fused-ring (bicyclic) bond motifs is 1. The Balaban J connectivity index is 1.60. The van der Waals surface area contributed by atoms with Crippen LogP contribution in [0.25, 0.3) is 0 Å². The molecular formula is C23H21NO4S. The van der Waals surface area contributed by atoms with Crippen molar-refractivity contribution in [2.75, 3.05) is 7.11 Å². The third-order valence-corrected chi connectivity index (χ3v) is 5.82. The highest BCUT2D eigenvalue weighted by Gasteiger charge is 2.34. The summed E-state index contributed by atoms with van der Waals surface area (Å²) in [6.45, 7) is 0.820. The fourth-order valence-electron chi connectivity index (χ4n) is 3.51. The van der Waals surface area contributed by atoms with E-state index >= 15 is 0 Å². The summed E-state index contributed by atoms with van der Waals surface area (Å²) in [6.07, 6.45) is -0.444. The molecule has 0 bridgehead atoms. The SMILES string of the molecule is COc1ccccc1CN(Cc1cccs1)C(=O)[C@@H]1Cc2ccccc2C(=O)O1. The van der Waals surface area contributed by atoms with E-state index < -0.39 is 12.1 Å². The molecule has 2 heterocycles. The van der Waals surface area contributed by atoms with E-state index in [1.165, 1.54) is 0 Å². The quantitative estimate of drug-likeness (QED) is 0.578. The second kappa shape index (κ2) is 8.49. The maximum atomic E-state index is 13.4. The number of thiophene rings is 1. The van der Waals surface area contributed by atoms with Crippen LogP contribution in [-0.4, -0.2) is 30.0 Å². The third kappa shape index (κ3) is 4.17. The van der Waals surface area contributed by atoms with Crippen LogP contribution < -0.4 is 4.74 Å². The molecule has 1 amide bonds. The van der Waals surface area contributed by atoms with Gasteiger partial charge in [0.25, 0.3) is 5.91 Å². The number of nitrogens with zero attached hydrogens (tertiary/aromatic N) is 1. The Bertz CT molecular complexity index is 1020. The van der Waals surface area contributed by atoms with Gasteiger partial charge >= 0.3 is 5.97 Å². The first-order valence-electron chi connectivity index (χ1n) is 9.37. The summed E-state index contributed by atoms with van der Waals surface area (Å²) in [6, 6.07) is 18.9. The highest BCUT2D eigenvalue weighted by Crippen LogP contribution is 2.26. The molecule has 0 unspecified atom stereocenters. The molecule has 0 saturated heterocycles. The Kier molecular flexibility index (Phi) is 5.62. The van der Waals surface area contributed by atoms with E-state index in [0.717, 1.165) is 21.8 Å². The molecule has 1 aliphatic rings. The number of carbonyl (C=O) groups excluding carboxylic acids is 2. The Hall–Kier alpha value is -3.12. The van der Waals surface area contributed by atoms with Crippen molar-refractivity contribution in [3.05, 3.63) is 87.6 Å². The molecule has 0 aliphatic carbocycles. The molecule has 1 aliphatic heterocycles. The zero-order valence-corrected chi connectivity index (χ0v) is 16.9. The van der Waals surface area contributed by atoms with Crippen LogP contribution in [0, 0.1) is 0 Å². The topological polar surface area (TPSA) is 55.8 Å². The molecule has 0 spiro atoms. The van der Waals surface area contributed by atoms with Gasteiger partial charge in [0.15, 0.2) is 6.10 Å². The first-order chi connectivity index (χ1) is 14.2. The number of para-hydroxylation sites is 1. The maximum Gasteiger partial charge on any atom is 0.339 e. The number of ether oxygens (including phenoxy) is 2. The van der Waals surface area contributed by atoms with Gasteiger partial charge in [-0.2, -0.15) is 0 Å². The molecule has 1 atom stereocenters. The van der Waals surface area contributed by atoms with E-state index in [1.54, 1.807) is 35.5 Å². The predicted molar refractivity (Wildman–Crippen MR) is 111 cm³/mol. The summed E-state index contributed by atoms with van der Waals surface area (Å²) in [5.41, 5.74) is 2.28. The Morgan fingerprint density at radius 2 is 1.90 bits per heavy atom. The van der Waals surface area contributed by atoms with Crippen molar-refractivity contribution in [3.8, 4) is 5.75 Å². The van der Waals surface area contributed by atoms with Gasteiger partial charge in [-0.25, -0.2) is 4.79 Å². The molecule has 0 N–H and O–H groups in total. The number of esters is 1. The molecule has 4 rings (SSSR count). The molecule has 6 heteroatoms. The summed E-state index contributed by atoms with van der Waals surface area (Å²) in [5.74, 6) is 0.0770. The smallest absolute Gasteiger partial charge is 0.339 e. The van der Waals surface area contributed by atoms with Gasteiger partial charge in [-0.15, -0.1) is 11.3 Å². The number of cyclic esters (lactones) is 1. The van der Waals surface area contributed by atoms with Crippen LogP contribution >= 0.6 is 11.3 Å². The number of hydrogen-bond donors (Lipinski definition) is 0. The molecule has 0 saturated carbocycles. The minimum Gasteiger partial charge on any atom is -0.496 e. The Morgan fingerprint density at radius 3 is 2.69 bits per heavy atom. The first-order valence-corrected chi connectivity index (χ1v) is 10.3. The van der Waals surface area contributed by atoms with Crippen LogP contribution in [0.4, 0.5) is 0 Å². The fraction of sp³-hybridized carbons (Fsp3) is 0.217. The number of rotatable bonds is 6. The van der Waals surface area contributed by atoms with Crippen LogP contribution in [0.15, 0.2) is 66.0 Å². The Morgan fingerprint density at radius 1 is 1.10 bits per heavy atom. The van der Waals surface area contributed by atoms with E-state index in [1.807, 2.05) is 53.9 Å². The normalized spacial score (nSPS) is 15.3. The minimum atomic E-state index is -0.827. The van der Waals surface area contributed by atoms with Crippen molar-refractivity contribution >= 4 is 23.2 Å². The van der Waals surface area contributed by atoms with Crippen LogP contribution in [-0.2, 0) is 29.0 Å². The lowest BCUT2D eigenvalue weighted by atomic mass is 9.98. The highest BCUT2D eigenvalue weighted by molar-refractivity contribution is 7.09. The molecule has 1 aromatic heterocycles. The van der Waals surface area contributed by atoms with E-state index in [4.69, 9.17) is 9.47 Å². The van der Waals surface area contributed by atoms with E-state index in [-0.39, 0.29) is 5.91 Å². The van der Waals surface area contributed by atoms with Gasteiger partial charge in [-0.3, -0.25) is 4.79 Å². The molecule has 0 radical (unpaired) electrons. The number of carbonyl (C=O) groups is 2. The van der Waals surface area contributed by atoms with Gasteiger partial charge in [-0.05, 0) is 29.1 Å². The van der Waals surface area contributed by atoms with E-state index in [0.29, 0.717) is 25.1 Å². The average Bonchev–Trinajstić information content (AvgIpc) is 3.26. The molecule has 2 aromatic carbocycles. The van der Waals surface area contributed by atoms with Gasteiger partial charge < -0.3 is 14.4 Å². The second-order valence-electron chi connectivity index (χ2n) is 6.84. The van der Waals surface area contributed by atoms with Gasteiger partial charge in [0.05, 0.1) is 19.2 Å². The van der Waals surface area contributed by atoms with Crippen molar-refractivity contribution in [3.63, 3.8) is 0 Å². The lowest BCUT2D eigenvalue weighted by Crippen LogP contribution is -2.43. The lowest BCUT2D eigenvalue weighted by Gasteiger charge is -2.30. The van der Waals surface area contributed by atoms with Crippen molar-refractivity contribution < 1.29 is 19.1 Å². The lowest BCUT2D eigenvalue weighted by molar-refractivity contribution is -0.142. The van der Waals surface area contributed by atoms with Crippen LogP contribution in [0.5, 0.6) is 5.75 Å². The van der Waals surface area contributed by atoms with Crippen LogP contribution in [0.2, 0.25) is 0 Å². The highest BCUT2D eigenvalue weighted by atomic mass is 32.1. The standard InChI is InChI=1S/C23H21NO4S/c1-27-20-11-5-3-8-17(20)14-24(15-18-9-6-12-29-18)22(25)21-13-16-7-2-4-10-19(16)23(26)28-21/h2-12,21H,13-15H2,1H3/t21-/m0/s1. The van der Waals surface area contributed by atoms with Crippen molar-refractivity contribution in [2.45, 2.75) is 25.6 Å². The number of hydrogen-bond acceptors (Lipinski definition) is 5. The summed E-state index contributed by atoms with van der Waals surface area (Å²) < 4.78 is 11.0. The summed E-state index contributed by atoms with van der Waals surface area (Å²) in [7, 11) is 1.62. The zero-order valence-electron chi connectivity index (χ0n) is 16.0. The molecule has 29 heavy (non-hydrogen) atoms. The third-order valence-electron chi connectivity index (χ3n) is 4.96. The molecule has 148 valence electrons. The van der Waals surface area contributed by atoms with Gasteiger partial charge in [0.2, 0.25) is 0 Å². The van der Waals surface area contributed by atoms with E-state index in [9.17, 15) is 9.59 Å². The van der Waals surface area contributed by atoms with Crippen molar-refractivity contribution in [1.29, 1.82) is 0 Å². The summed E-state index contributed by atoms with van der Waals surface area (Å²) >= 11 is 1.59. The van der Waals surface area contributed by atoms with Crippen molar-refractivity contribution in [2.24, 2.45) is 0 Å². The van der Waals surface area contributed by atoms with Gasteiger partial charge in [-0.1, -0.05) is 42.5 Å². The summed E-state index contributed by atoms with van der Waals surface area (Å²) in [5, 5.41) is 1.98. The van der Waals surface area contributed by atoms with Gasteiger partial charge in [0.1, 0.15) is 5.75 Å². The van der Waals surface area contributed by atoms with Crippen molar-refractivity contribution in [1.82, 2.24) is 4.90 Å². The maximum absolute atomic E-state index is 13.4. The van der Waals surface area contributed by atoms with Gasteiger partial charge in [0, 0.05) is 23.4 Å². The minimum absolute atomic E-state index is 0.202. The average molecular weight is 407 g/mol. The first kappa shape index (κ1) is 19.2. The number of benzene rings is 2. The fourth-order valence-corrected chi connectivity index (χ4v) is 4.23. The van der Waals surface area contributed by atoms with Crippen LogP contribution in [0.3, 0.4) is 0 Å². The zero-order chi connectivity index (χ0) is 20.2. The molecule has 0 fully saturated rings. The molecule has 3 aromatic rings. The number of amides is 1. The van der Waals surface area contributed by atoms with Crippen LogP contribution in [0.1, 0.15) is 26.4 Å². The number of methoxy groups -OCH3 is 1. The Labute approximate surface area is 173 Å². The molecule has 5 nitrogen and oxygen atoms in total. The van der Waals surface area contributed by atoms with E-state index in [2.05, 4.69) is 0 Å².